The lowest BCUT2D eigenvalue weighted by Crippen LogP contribution is -2.66. The van der Waals surface area contributed by atoms with Crippen molar-refractivity contribution < 1.29 is 17.9 Å². The van der Waals surface area contributed by atoms with E-state index < -0.39 is 10.0 Å². The van der Waals surface area contributed by atoms with Crippen LogP contribution in [0.2, 0.25) is 0 Å². The molecule has 8 heteroatoms. The molecule has 1 spiro atoms. The first-order valence-electron chi connectivity index (χ1n) is 8.52. The van der Waals surface area contributed by atoms with Gasteiger partial charge in [0.15, 0.2) is 0 Å². The lowest BCUT2D eigenvalue weighted by atomic mass is 9.78. The van der Waals surface area contributed by atoms with Crippen molar-refractivity contribution in [3.05, 3.63) is 29.1 Å². The predicted molar refractivity (Wildman–Crippen MR) is 93.9 cm³/mol. The van der Waals surface area contributed by atoms with Gasteiger partial charge in [-0.25, -0.2) is 13.1 Å². The Morgan fingerprint density at radius 2 is 2.00 bits per heavy atom. The van der Waals surface area contributed by atoms with E-state index in [0.29, 0.717) is 31.8 Å². The van der Waals surface area contributed by atoms with E-state index in [1.54, 1.807) is 4.90 Å². The van der Waals surface area contributed by atoms with Crippen molar-refractivity contribution >= 4 is 15.9 Å². The highest BCUT2D eigenvalue weighted by Crippen LogP contribution is 2.42. The van der Waals surface area contributed by atoms with Gasteiger partial charge in [-0.15, -0.1) is 0 Å². The minimum atomic E-state index is -3.17. The second-order valence-electron chi connectivity index (χ2n) is 7.15. The number of hydrogen-bond acceptors (Lipinski definition) is 5. The molecule has 1 aromatic rings. The topological polar surface area (TPSA) is 88.6 Å². The molecule has 3 heterocycles. The van der Waals surface area contributed by atoms with Crippen LogP contribution >= 0.6 is 0 Å². The number of sulfonamides is 1. The molecule has 7 nitrogen and oxygen atoms in total. The molecule has 1 atom stereocenters. The van der Waals surface area contributed by atoms with Gasteiger partial charge < -0.3 is 9.64 Å². The molecule has 2 fully saturated rings. The Morgan fingerprint density at radius 3 is 2.60 bits per heavy atom. The Labute approximate surface area is 148 Å². The van der Waals surface area contributed by atoms with Crippen LogP contribution in [0, 0.1) is 19.8 Å². The highest BCUT2D eigenvalue weighted by Gasteiger charge is 2.54. The van der Waals surface area contributed by atoms with Gasteiger partial charge in [-0.3, -0.25) is 9.78 Å². The SMILES string of the molecule is Cc1cc(C(=O)N2CC3(C2)OCC[C@H]3CCNS(C)(=O)=O)cc(C)n1. The Morgan fingerprint density at radius 1 is 1.36 bits per heavy atom. The van der Waals surface area contributed by atoms with Gasteiger partial charge in [0.05, 0.1) is 19.3 Å². The average Bonchev–Trinajstić information content (AvgIpc) is 2.86. The minimum Gasteiger partial charge on any atom is -0.371 e. The molecule has 3 rings (SSSR count). The van der Waals surface area contributed by atoms with Crippen LogP contribution in [0.15, 0.2) is 12.1 Å². The van der Waals surface area contributed by atoms with Crippen LogP contribution in [0.25, 0.3) is 0 Å². The molecule has 0 unspecified atom stereocenters. The number of aryl methyl sites for hydroxylation is 2. The normalized spacial score (nSPS) is 22.2. The third kappa shape index (κ3) is 4.02. The first-order valence-corrected chi connectivity index (χ1v) is 10.4. The highest BCUT2D eigenvalue weighted by molar-refractivity contribution is 7.88. The zero-order chi connectivity index (χ0) is 18.2. The van der Waals surface area contributed by atoms with Crippen LogP contribution in [-0.4, -0.2) is 62.3 Å². The molecule has 25 heavy (non-hydrogen) atoms. The third-order valence-corrected chi connectivity index (χ3v) is 5.72. The predicted octanol–water partition coefficient (Wildman–Crippen LogP) is 0.869. The summed E-state index contributed by atoms with van der Waals surface area (Å²) in [6, 6.07) is 3.62. The van der Waals surface area contributed by atoms with Gasteiger partial charge in [-0.1, -0.05) is 0 Å². The summed E-state index contributed by atoms with van der Waals surface area (Å²) in [6.07, 6.45) is 2.79. The molecule has 138 valence electrons. The summed E-state index contributed by atoms with van der Waals surface area (Å²) in [7, 11) is -3.17. The fourth-order valence-electron chi connectivity index (χ4n) is 3.84. The van der Waals surface area contributed by atoms with Crippen LogP contribution in [0.1, 0.15) is 34.6 Å². The van der Waals surface area contributed by atoms with E-state index in [4.69, 9.17) is 4.74 Å². The molecule has 0 bridgehead atoms. The molecule has 1 aromatic heterocycles. The van der Waals surface area contributed by atoms with E-state index in [9.17, 15) is 13.2 Å². The molecular formula is C17H25N3O4S. The van der Waals surface area contributed by atoms with Crippen LogP contribution in [0.4, 0.5) is 0 Å². The summed E-state index contributed by atoms with van der Waals surface area (Å²) in [6.45, 7) is 5.97. The molecule has 0 radical (unpaired) electrons. The fraction of sp³-hybridized carbons (Fsp3) is 0.647. The number of pyridine rings is 1. The number of nitrogens with one attached hydrogen (secondary N) is 1. The summed E-state index contributed by atoms with van der Waals surface area (Å²) in [4.78, 5) is 18.8. The number of likely N-dealkylation sites (tertiary alicyclic amines) is 1. The Balaban J connectivity index is 1.60. The number of carbonyl (C=O) groups excluding carboxylic acids is 1. The van der Waals surface area contributed by atoms with Gasteiger partial charge in [0.1, 0.15) is 5.60 Å². The summed E-state index contributed by atoms with van der Waals surface area (Å²) in [5.74, 6) is 0.273. The van der Waals surface area contributed by atoms with E-state index >= 15 is 0 Å². The zero-order valence-electron chi connectivity index (χ0n) is 14.9. The van der Waals surface area contributed by atoms with Gasteiger partial charge in [-0.2, -0.15) is 0 Å². The van der Waals surface area contributed by atoms with Gasteiger partial charge in [-0.05, 0) is 44.7 Å². The summed E-state index contributed by atoms with van der Waals surface area (Å²) in [5.41, 5.74) is 2.01. The van der Waals surface area contributed by atoms with Crippen molar-refractivity contribution in [1.29, 1.82) is 0 Å². The summed E-state index contributed by atoms with van der Waals surface area (Å²) >= 11 is 0. The lowest BCUT2D eigenvalue weighted by Gasteiger charge is -2.50. The molecule has 1 amide bonds. The van der Waals surface area contributed by atoms with Crippen molar-refractivity contribution in [3.63, 3.8) is 0 Å². The minimum absolute atomic E-state index is 0.00253. The molecule has 2 aliphatic rings. The molecule has 2 saturated heterocycles. The maximum Gasteiger partial charge on any atom is 0.254 e. The van der Waals surface area contributed by atoms with Crippen molar-refractivity contribution in [3.8, 4) is 0 Å². The number of rotatable bonds is 5. The summed E-state index contributed by atoms with van der Waals surface area (Å²) in [5, 5.41) is 0. The van der Waals surface area contributed by atoms with Gasteiger partial charge in [0.2, 0.25) is 10.0 Å². The maximum atomic E-state index is 12.7. The van der Waals surface area contributed by atoms with Gasteiger partial charge in [0, 0.05) is 30.1 Å². The third-order valence-electron chi connectivity index (χ3n) is 4.99. The quantitative estimate of drug-likeness (QED) is 0.834. The number of nitrogens with zero attached hydrogens (tertiary/aromatic N) is 2. The molecule has 1 N–H and O–H groups in total. The lowest BCUT2D eigenvalue weighted by molar-refractivity contribution is -0.117. The molecule has 0 saturated carbocycles. The Bertz CT molecular complexity index is 752. The van der Waals surface area contributed by atoms with E-state index in [1.807, 2.05) is 26.0 Å². The molecule has 0 aliphatic carbocycles. The standard InChI is InChI=1S/C17H25N3O4S/c1-12-8-14(9-13(2)19-12)16(21)20-10-17(11-20)15(5-7-24-17)4-6-18-25(3,22)23/h8-9,15,18H,4-7,10-11H2,1-3H3/t15-/m1/s1. The van der Waals surface area contributed by atoms with E-state index in [1.165, 1.54) is 0 Å². The molecule has 2 aliphatic heterocycles. The smallest absolute Gasteiger partial charge is 0.254 e. The van der Waals surface area contributed by atoms with Crippen LogP contribution < -0.4 is 4.72 Å². The van der Waals surface area contributed by atoms with Gasteiger partial charge >= 0.3 is 0 Å². The maximum absolute atomic E-state index is 12.7. The van der Waals surface area contributed by atoms with Gasteiger partial charge in [0.25, 0.3) is 5.91 Å². The highest BCUT2D eigenvalue weighted by atomic mass is 32.2. The van der Waals surface area contributed by atoms with E-state index in [2.05, 4.69) is 9.71 Å². The monoisotopic (exact) mass is 367 g/mol. The van der Waals surface area contributed by atoms with E-state index in [-0.39, 0.29) is 17.4 Å². The van der Waals surface area contributed by atoms with Crippen LogP contribution in [-0.2, 0) is 14.8 Å². The van der Waals surface area contributed by atoms with E-state index in [0.717, 1.165) is 30.5 Å². The largest absolute Gasteiger partial charge is 0.371 e. The summed E-state index contributed by atoms with van der Waals surface area (Å²) < 4.78 is 30.9. The second kappa shape index (κ2) is 6.66. The first-order chi connectivity index (χ1) is 11.7. The average molecular weight is 367 g/mol. The Hall–Kier alpha value is -1.51. The number of aromatic nitrogens is 1. The Kier molecular flexibility index (Phi) is 4.87. The number of carbonyl (C=O) groups is 1. The van der Waals surface area contributed by atoms with Crippen molar-refractivity contribution in [2.24, 2.45) is 5.92 Å². The first kappa shape index (κ1) is 18.3. The van der Waals surface area contributed by atoms with Crippen molar-refractivity contribution in [2.75, 3.05) is 32.5 Å². The number of hydrogen-bond donors (Lipinski definition) is 1. The second-order valence-corrected chi connectivity index (χ2v) is 8.99. The fourth-order valence-corrected chi connectivity index (χ4v) is 4.33. The molecular weight excluding hydrogens is 342 g/mol. The molecule has 0 aromatic carbocycles. The zero-order valence-corrected chi connectivity index (χ0v) is 15.7. The number of ether oxygens (including phenoxy) is 1. The number of amides is 1. The van der Waals surface area contributed by atoms with Crippen LogP contribution in [0.3, 0.4) is 0 Å². The van der Waals surface area contributed by atoms with Crippen molar-refractivity contribution in [1.82, 2.24) is 14.6 Å². The van der Waals surface area contributed by atoms with Crippen molar-refractivity contribution in [2.45, 2.75) is 32.3 Å². The van der Waals surface area contributed by atoms with Crippen LogP contribution in [0.5, 0.6) is 0 Å².